The van der Waals surface area contributed by atoms with Crippen molar-refractivity contribution in [3.8, 4) is 0 Å². The van der Waals surface area contributed by atoms with Gasteiger partial charge in [0, 0.05) is 19.6 Å². The largest absolute Gasteiger partial charge is 0.467 e. The zero-order chi connectivity index (χ0) is 18.5. The first-order chi connectivity index (χ1) is 11.3. The molecular weight excluding hydrogens is 350 g/mol. The summed E-state index contributed by atoms with van der Waals surface area (Å²) in [5.74, 6) is -2.34. The number of methoxy groups -OCH3 is 1. The van der Waals surface area contributed by atoms with Crippen LogP contribution in [0.2, 0.25) is 0 Å². The van der Waals surface area contributed by atoms with E-state index in [9.17, 15) is 24.0 Å². The van der Waals surface area contributed by atoms with Gasteiger partial charge >= 0.3 is 29.3 Å². The number of alkyl carbamates (subject to hydrolysis) is 1. The van der Waals surface area contributed by atoms with Crippen LogP contribution in [-0.4, -0.2) is 61.8 Å². The maximum absolute atomic E-state index is 11.5. The van der Waals surface area contributed by atoms with E-state index in [0.717, 1.165) is 21.0 Å². The molecule has 0 aliphatic rings. The van der Waals surface area contributed by atoms with Crippen molar-refractivity contribution in [2.75, 3.05) is 26.4 Å². The number of hydrogen-bond donors (Lipinski definition) is 1. The van der Waals surface area contributed by atoms with E-state index in [-0.39, 0.29) is 5.75 Å². The van der Waals surface area contributed by atoms with Crippen LogP contribution >= 0.6 is 11.8 Å². The van der Waals surface area contributed by atoms with Crippen molar-refractivity contribution in [1.29, 1.82) is 0 Å². The average Bonchev–Trinajstić information content (AvgIpc) is 2.49. The predicted octanol–water partition coefficient (Wildman–Crippen LogP) is 0.165. The zero-order valence-electron chi connectivity index (χ0n) is 13.2. The van der Waals surface area contributed by atoms with Crippen LogP contribution in [0.25, 0.3) is 0 Å². The Morgan fingerprint density at radius 3 is 1.96 bits per heavy atom. The number of hydrogen-bond acceptors (Lipinski definition) is 11. The Kier molecular flexibility index (Phi) is 10.7. The van der Waals surface area contributed by atoms with Crippen LogP contribution in [0.3, 0.4) is 0 Å². The molecule has 0 rings (SSSR count). The molecule has 11 nitrogen and oxygen atoms in total. The molecule has 0 radical (unpaired) electrons. The number of thioether (sulfide) groups is 1. The van der Waals surface area contributed by atoms with Crippen molar-refractivity contribution in [3.05, 3.63) is 0 Å². The Bertz CT molecular complexity index is 480. The van der Waals surface area contributed by atoms with Gasteiger partial charge in [-0.1, -0.05) is 0 Å². The molecule has 0 unspecified atom stereocenters. The van der Waals surface area contributed by atoms with Gasteiger partial charge in [0.15, 0.2) is 0 Å². The van der Waals surface area contributed by atoms with Gasteiger partial charge in [-0.15, -0.1) is 0 Å². The van der Waals surface area contributed by atoms with Gasteiger partial charge in [0.25, 0.3) is 0 Å². The van der Waals surface area contributed by atoms with E-state index in [1.807, 2.05) is 0 Å². The SMILES string of the molecule is COC(=O)[C@H](CSC(=O)OCOC(C)=O)NC(=O)OCOC(C)=O. The van der Waals surface area contributed by atoms with Crippen molar-refractivity contribution in [2.45, 2.75) is 19.9 Å². The normalized spacial score (nSPS) is 10.8. The number of nitrogens with one attached hydrogen (secondary N) is 1. The van der Waals surface area contributed by atoms with Gasteiger partial charge in [0.2, 0.25) is 13.6 Å². The molecule has 0 saturated heterocycles. The van der Waals surface area contributed by atoms with Crippen molar-refractivity contribution in [1.82, 2.24) is 5.32 Å². The summed E-state index contributed by atoms with van der Waals surface area (Å²) in [6.45, 7) is 1.06. The third-order valence-corrected chi connectivity index (χ3v) is 2.89. The summed E-state index contributed by atoms with van der Waals surface area (Å²) < 4.78 is 22.3. The van der Waals surface area contributed by atoms with Crippen LogP contribution < -0.4 is 5.32 Å². The van der Waals surface area contributed by atoms with Crippen molar-refractivity contribution in [3.63, 3.8) is 0 Å². The summed E-state index contributed by atoms with van der Waals surface area (Å²) in [5.41, 5.74) is 0. The minimum Gasteiger partial charge on any atom is -0.467 e. The molecule has 12 heteroatoms. The molecule has 0 saturated carbocycles. The van der Waals surface area contributed by atoms with Gasteiger partial charge in [-0.05, 0) is 11.8 Å². The quantitative estimate of drug-likeness (QED) is 0.356. The van der Waals surface area contributed by atoms with Crippen LogP contribution in [0.5, 0.6) is 0 Å². The molecule has 1 amide bonds. The highest BCUT2D eigenvalue weighted by Gasteiger charge is 2.24. The van der Waals surface area contributed by atoms with Crippen LogP contribution in [0.4, 0.5) is 9.59 Å². The lowest BCUT2D eigenvalue weighted by Gasteiger charge is -2.15. The number of amides is 1. The number of carbonyl (C=O) groups excluding carboxylic acids is 5. The first-order valence-corrected chi connectivity index (χ1v) is 7.32. The Balaban J connectivity index is 4.29. The minimum absolute atomic E-state index is 0.228. The van der Waals surface area contributed by atoms with Gasteiger partial charge in [-0.2, -0.15) is 0 Å². The maximum Gasteiger partial charge on any atom is 0.410 e. The third-order valence-electron chi connectivity index (χ3n) is 2.04. The molecule has 0 spiro atoms. The van der Waals surface area contributed by atoms with Crippen LogP contribution in [-0.2, 0) is 38.1 Å². The fraction of sp³-hybridized carbons (Fsp3) is 0.583. The Morgan fingerprint density at radius 1 is 0.917 bits per heavy atom. The molecule has 0 aromatic rings. The van der Waals surface area contributed by atoms with E-state index < -0.39 is 48.9 Å². The Labute approximate surface area is 141 Å². The van der Waals surface area contributed by atoms with Gasteiger partial charge in [0.05, 0.1) is 7.11 Å². The zero-order valence-corrected chi connectivity index (χ0v) is 14.0. The molecule has 0 bridgehead atoms. The fourth-order valence-electron chi connectivity index (χ4n) is 1.01. The van der Waals surface area contributed by atoms with Crippen molar-refractivity contribution >= 4 is 41.1 Å². The van der Waals surface area contributed by atoms with E-state index in [2.05, 4.69) is 29.0 Å². The van der Waals surface area contributed by atoms with E-state index in [1.165, 1.54) is 0 Å². The highest BCUT2D eigenvalue weighted by atomic mass is 32.2. The molecular formula is C12H17NO10S. The van der Waals surface area contributed by atoms with Gasteiger partial charge in [-0.3, -0.25) is 9.59 Å². The summed E-state index contributed by atoms with van der Waals surface area (Å²) in [5, 5.41) is 1.30. The second kappa shape index (κ2) is 12.0. The van der Waals surface area contributed by atoms with E-state index >= 15 is 0 Å². The van der Waals surface area contributed by atoms with Gasteiger partial charge < -0.3 is 29.0 Å². The average molecular weight is 367 g/mol. The summed E-state index contributed by atoms with van der Waals surface area (Å²) >= 11 is 0.542. The van der Waals surface area contributed by atoms with Crippen LogP contribution in [0.15, 0.2) is 0 Å². The molecule has 136 valence electrons. The lowest BCUT2D eigenvalue weighted by Crippen LogP contribution is -2.44. The van der Waals surface area contributed by atoms with Gasteiger partial charge in [0.1, 0.15) is 6.04 Å². The van der Waals surface area contributed by atoms with E-state index in [4.69, 9.17) is 0 Å². The first kappa shape index (κ1) is 21.5. The summed E-state index contributed by atoms with van der Waals surface area (Å²) in [4.78, 5) is 55.3. The standard InChI is InChI=1S/C12H17NO10S/c1-7(14)20-5-22-11(17)13-9(10(16)19-3)4-24-12(18)23-6-21-8(2)15/h9H,4-6H2,1-3H3,(H,13,17)/t9-/m0/s1. The lowest BCUT2D eigenvalue weighted by molar-refractivity contribution is -0.150. The Hall–Kier alpha value is -2.50. The first-order valence-electron chi connectivity index (χ1n) is 6.33. The second-order valence-electron chi connectivity index (χ2n) is 3.86. The molecule has 0 aliphatic heterocycles. The third kappa shape index (κ3) is 11.1. The summed E-state index contributed by atoms with van der Waals surface area (Å²) in [6, 6.07) is -1.22. The van der Waals surface area contributed by atoms with Crippen LogP contribution in [0, 0.1) is 0 Å². The molecule has 0 aliphatic carbocycles. The fourth-order valence-corrected chi connectivity index (χ4v) is 1.67. The number of esters is 3. The molecule has 0 aromatic carbocycles. The monoisotopic (exact) mass is 367 g/mol. The van der Waals surface area contributed by atoms with Crippen molar-refractivity contribution < 1.29 is 47.7 Å². The summed E-state index contributed by atoms with van der Waals surface area (Å²) in [6.07, 6.45) is -1.06. The molecule has 1 atom stereocenters. The smallest absolute Gasteiger partial charge is 0.410 e. The lowest BCUT2D eigenvalue weighted by atomic mass is 10.3. The van der Waals surface area contributed by atoms with E-state index in [1.54, 1.807) is 0 Å². The van der Waals surface area contributed by atoms with E-state index in [0.29, 0.717) is 11.8 Å². The number of rotatable bonds is 8. The van der Waals surface area contributed by atoms with Crippen molar-refractivity contribution in [2.24, 2.45) is 0 Å². The topological polar surface area (TPSA) is 144 Å². The predicted molar refractivity (Wildman–Crippen MR) is 77.6 cm³/mol. The molecule has 0 aromatic heterocycles. The summed E-state index contributed by atoms with van der Waals surface area (Å²) in [7, 11) is 1.09. The number of carbonyl (C=O) groups is 5. The Morgan fingerprint density at radius 2 is 1.46 bits per heavy atom. The molecule has 0 heterocycles. The minimum atomic E-state index is -1.22. The molecule has 24 heavy (non-hydrogen) atoms. The van der Waals surface area contributed by atoms with Crippen LogP contribution in [0.1, 0.15) is 13.8 Å². The second-order valence-corrected chi connectivity index (χ2v) is 4.82. The van der Waals surface area contributed by atoms with Gasteiger partial charge in [-0.25, -0.2) is 14.4 Å². The molecule has 1 N–H and O–H groups in total. The maximum atomic E-state index is 11.5. The number of ether oxygens (including phenoxy) is 5. The highest BCUT2D eigenvalue weighted by molar-refractivity contribution is 8.13. The molecule has 0 fully saturated rings. The highest BCUT2D eigenvalue weighted by Crippen LogP contribution is 2.09.